The third-order valence-corrected chi connectivity index (χ3v) is 4.71. The molecule has 0 aliphatic heterocycles. The van der Waals surface area contributed by atoms with Crippen LogP contribution in [0, 0.1) is 0 Å². The van der Waals surface area contributed by atoms with E-state index in [2.05, 4.69) is 17.4 Å². The summed E-state index contributed by atoms with van der Waals surface area (Å²) < 4.78 is 16.6. The molecule has 1 aromatic heterocycles. The summed E-state index contributed by atoms with van der Waals surface area (Å²) in [6, 6.07) is 21.1. The highest BCUT2D eigenvalue weighted by Crippen LogP contribution is 2.27. The van der Waals surface area contributed by atoms with Crippen LogP contribution in [-0.4, -0.2) is 19.8 Å². The van der Waals surface area contributed by atoms with Crippen LogP contribution in [0.3, 0.4) is 0 Å². The van der Waals surface area contributed by atoms with Gasteiger partial charge in [-0.15, -0.1) is 0 Å². The normalized spacial score (nSPS) is 11.1. The molecule has 0 aliphatic rings. The second-order valence-electron chi connectivity index (χ2n) is 6.68. The smallest absolute Gasteiger partial charge is 0.336 e. The van der Waals surface area contributed by atoms with Crippen molar-refractivity contribution in [3.8, 4) is 11.5 Å². The van der Waals surface area contributed by atoms with Crippen LogP contribution in [0.25, 0.3) is 21.7 Å². The first-order valence-corrected chi connectivity index (χ1v) is 9.75. The maximum atomic E-state index is 12.0. The van der Waals surface area contributed by atoms with Crippen molar-refractivity contribution in [2.45, 2.75) is 13.5 Å². The molecule has 5 heteroatoms. The Balaban J connectivity index is 1.42. The molecule has 0 aliphatic carbocycles. The van der Waals surface area contributed by atoms with Gasteiger partial charge in [-0.05, 0) is 53.6 Å². The minimum absolute atomic E-state index is 0.338. The third kappa shape index (κ3) is 4.41. The molecule has 0 spiro atoms. The molecule has 0 fully saturated rings. The Morgan fingerprint density at radius 3 is 2.48 bits per heavy atom. The van der Waals surface area contributed by atoms with Crippen molar-refractivity contribution in [3.05, 3.63) is 82.7 Å². The van der Waals surface area contributed by atoms with E-state index in [1.165, 1.54) is 0 Å². The summed E-state index contributed by atoms with van der Waals surface area (Å²) in [5.41, 5.74) is 1.20. The molecule has 1 heterocycles. The topological polar surface area (TPSA) is 60.7 Å². The van der Waals surface area contributed by atoms with E-state index >= 15 is 0 Å². The van der Waals surface area contributed by atoms with E-state index in [4.69, 9.17) is 13.9 Å². The van der Waals surface area contributed by atoms with Crippen molar-refractivity contribution >= 4 is 21.7 Å². The monoisotopic (exact) mass is 389 g/mol. The number of hydrogen-bond donors (Lipinski definition) is 1. The Hall–Kier alpha value is -3.31. The van der Waals surface area contributed by atoms with Gasteiger partial charge in [0, 0.05) is 24.5 Å². The first-order valence-electron chi connectivity index (χ1n) is 9.75. The van der Waals surface area contributed by atoms with Crippen LogP contribution in [0.1, 0.15) is 12.5 Å². The first-order chi connectivity index (χ1) is 14.2. The highest BCUT2D eigenvalue weighted by atomic mass is 16.5. The van der Waals surface area contributed by atoms with Crippen LogP contribution in [0.5, 0.6) is 11.5 Å². The maximum Gasteiger partial charge on any atom is 0.336 e. The van der Waals surface area contributed by atoms with Crippen molar-refractivity contribution in [3.63, 3.8) is 0 Å². The summed E-state index contributed by atoms with van der Waals surface area (Å²) in [6.07, 6.45) is 0. The van der Waals surface area contributed by atoms with Gasteiger partial charge >= 0.3 is 5.63 Å². The van der Waals surface area contributed by atoms with Gasteiger partial charge < -0.3 is 19.2 Å². The minimum atomic E-state index is -0.338. The Bertz CT molecular complexity index is 1170. The number of hydrogen-bond acceptors (Lipinski definition) is 5. The predicted octanol–water partition coefficient (Wildman–Crippen LogP) is 4.51. The Morgan fingerprint density at radius 2 is 1.69 bits per heavy atom. The number of benzene rings is 3. The average Bonchev–Trinajstić information content (AvgIpc) is 2.74. The van der Waals surface area contributed by atoms with E-state index in [9.17, 15) is 4.79 Å². The lowest BCUT2D eigenvalue weighted by atomic mass is 10.0. The Labute approximate surface area is 168 Å². The fourth-order valence-corrected chi connectivity index (χ4v) is 3.42. The third-order valence-electron chi connectivity index (χ3n) is 4.71. The molecule has 148 valence electrons. The Kier molecular flexibility index (Phi) is 5.77. The van der Waals surface area contributed by atoms with Crippen molar-refractivity contribution in [1.82, 2.24) is 5.32 Å². The molecular weight excluding hydrogens is 366 g/mol. The molecular formula is C24H23NO4. The average molecular weight is 389 g/mol. The molecule has 0 atom stereocenters. The summed E-state index contributed by atoms with van der Waals surface area (Å²) >= 11 is 0. The SMILES string of the molecule is CCOc1ccc(OCCNCc2cc(=O)oc3ccc4ccccc4c23)cc1. The van der Waals surface area contributed by atoms with Gasteiger partial charge in [-0.25, -0.2) is 4.79 Å². The molecule has 4 rings (SSSR count). The van der Waals surface area contributed by atoms with E-state index in [1.54, 1.807) is 6.07 Å². The van der Waals surface area contributed by atoms with Gasteiger partial charge in [0.05, 0.1) is 6.61 Å². The van der Waals surface area contributed by atoms with Crippen LogP contribution in [0.4, 0.5) is 0 Å². The van der Waals surface area contributed by atoms with Gasteiger partial charge in [-0.2, -0.15) is 0 Å². The van der Waals surface area contributed by atoms with E-state index in [0.29, 0.717) is 31.9 Å². The summed E-state index contributed by atoms with van der Waals surface area (Å²) in [6.45, 7) is 4.33. The lowest BCUT2D eigenvalue weighted by Crippen LogP contribution is -2.21. The lowest BCUT2D eigenvalue weighted by Gasteiger charge is -2.11. The molecule has 3 aromatic carbocycles. The zero-order valence-electron chi connectivity index (χ0n) is 16.3. The van der Waals surface area contributed by atoms with Crippen molar-refractivity contribution in [2.75, 3.05) is 19.8 Å². The van der Waals surface area contributed by atoms with Gasteiger partial charge in [0.15, 0.2) is 0 Å². The molecule has 4 aromatic rings. The zero-order chi connectivity index (χ0) is 20.1. The van der Waals surface area contributed by atoms with Crippen LogP contribution in [-0.2, 0) is 6.54 Å². The van der Waals surface area contributed by atoms with Gasteiger partial charge in [0.25, 0.3) is 0 Å². The number of ether oxygens (including phenoxy) is 2. The lowest BCUT2D eigenvalue weighted by molar-refractivity contribution is 0.311. The molecule has 0 bridgehead atoms. The second-order valence-corrected chi connectivity index (χ2v) is 6.68. The molecule has 1 N–H and O–H groups in total. The van der Waals surface area contributed by atoms with Gasteiger partial charge in [0.2, 0.25) is 0 Å². The van der Waals surface area contributed by atoms with Crippen molar-refractivity contribution < 1.29 is 13.9 Å². The van der Waals surface area contributed by atoms with E-state index in [0.717, 1.165) is 33.2 Å². The van der Waals surface area contributed by atoms with E-state index in [1.807, 2.05) is 55.5 Å². The van der Waals surface area contributed by atoms with Crippen LogP contribution >= 0.6 is 0 Å². The number of fused-ring (bicyclic) bond motifs is 3. The van der Waals surface area contributed by atoms with Crippen molar-refractivity contribution in [2.24, 2.45) is 0 Å². The molecule has 0 saturated carbocycles. The Morgan fingerprint density at radius 1 is 0.931 bits per heavy atom. The fourth-order valence-electron chi connectivity index (χ4n) is 3.42. The minimum Gasteiger partial charge on any atom is -0.494 e. The molecule has 29 heavy (non-hydrogen) atoms. The largest absolute Gasteiger partial charge is 0.494 e. The van der Waals surface area contributed by atoms with E-state index < -0.39 is 0 Å². The summed E-state index contributed by atoms with van der Waals surface area (Å²) in [4.78, 5) is 12.0. The number of nitrogens with one attached hydrogen (secondary N) is 1. The first kappa shape index (κ1) is 19.0. The van der Waals surface area contributed by atoms with Crippen LogP contribution in [0.15, 0.2) is 75.9 Å². The molecule has 5 nitrogen and oxygen atoms in total. The second kappa shape index (κ2) is 8.80. The highest BCUT2D eigenvalue weighted by molar-refractivity contribution is 6.07. The molecule has 0 amide bonds. The zero-order valence-corrected chi connectivity index (χ0v) is 16.3. The van der Waals surface area contributed by atoms with Crippen LogP contribution in [0.2, 0.25) is 0 Å². The molecule has 0 radical (unpaired) electrons. The van der Waals surface area contributed by atoms with E-state index in [-0.39, 0.29) is 5.63 Å². The number of rotatable bonds is 8. The quantitative estimate of drug-likeness (QED) is 0.273. The van der Waals surface area contributed by atoms with Gasteiger partial charge in [-0.1, -0.05) is 30.3 Å². The maximum absolute atomic E-state index is 12.0. The van der Waals surface area contributed by atoms with Crippen LogP contribution < -0.4 is 20.4 Å². The van der Waals surface area contributed by atoms with Gasteiger partial charge in [0.1, 0.15) is 23.7 Å². The summed E-state index contributed by atoms with van der Waals surface area (Å²) in [7, 11) is 0. The molecule has 0 saturated heterocycles. The van der Waals surface area contributed by atoms with Crippen molar-refractivity contribution in [1.29, 1.82) is 0 Å². The summed E-state index contributed by atoms with van der Waals surface area (Å²) in [5.74, 6) is 1.63. The predicted molar refractivity (Wildman–Crippen MR) is 115 cm³/mol. The summed E-state index contributed by atoms with van der Waals surface area (Å²) in [5, 5.41) is 6.53. The molecule has 0 unspecified atom stereocenters. The van der Waals surface area contributed by atoms with Gasteiger partial charge in [-0.3, -0.25) is 0 Å². The fraction of sp³-hybridized carbons (Fsp3) is 0.208. The standard InChI is InChI=1S/C24H23NO4/c1-2-27-19-8-10-20(11-9-19)28-14-13-25-16-18-15-23(26)29-22-12-7-17-5-3-4-6-21(17)24(18)22/h3-12,15,25H,2,13-14,16H2,1H3. The highest BCUT2D eigenvalue weighted by Gasteiger charge is 2.09.